The van der Waals surface area contributed by atoms with Crippen LogP contribution in [0.1, 0.15) is 32.6 Å². The second-order valence-electron chi connectivity index (χ2n) is 6.05. The summed E-state index contributed by atoms with van der Waals surface area (Å²) in [5, 5.41) is 8.92. The molecule has 1 aliphatic carbocycles. The normalized spacial score (nSPS) is 28.4. The first-order valence-corrected chi connectivity index (χ1v) is 7.74. The summed E-state index contributed by atoms with van der Waals surface area (Å²) in [6.45, 7) is 5.79. The number of carbonyl (C=O) groups is 2. The number of Topliss-reactive ketones (excluding diaryl/α,β-unsaturated/α-hetero) is 1. The van der Waals surface area contributed by atoms with Gasteiger partial charge in [0.1, 0.15) is 5.78 Å². The average Bonchev–Trinajstić information content (AvgIpc) is 2.48. The molecule has 0 bridgehead atoms. The lowest BCUT2D eigenvalue weighted by molar-refractivity contribution is -0.139. The van der Waals surface area contributed by atoms with Crippen molar-refractivity contribution in [3.63, 3.8) is 0 Å². The van der Waals surface area contributed by atoms with Crippen LogP contribution < -0.4 is 0 Å². The number of rotatable bonds is 4. The molecule has 114 valence electrons. The van der Waals surface area contributed by atoms with Crippen LogP contribution in [0, 0.1) is 11.8 Å². The van der Waals surface area contributed by atoms with Gasteiger partial charge in [0.25, 0.3) is 0 Å². The smallest absolute Gasteiger partial charge is 0.225 e. The van der Waals surface area contributed by atoms with E-state index < -0.39 is 0 Å². The van der Waals surface area contributed by atoms with Crippen molar-refractivity contribution in [1.29, 1.82) is 0 Å². The third-order valence-corrected chi connectivity index (χ3v) is 4.75. The van der Waals surface area contributed by atoms with E-state index >= 15 is 0 Å². The molecule has 2 rings (SSSR count). The van der Waals surface area contributed by atoms with E-state index in [1.165, 1.54) is 0 Å². The standard InChI is InChI=1S/C15H26N2O3/c1-12(19)13-2-4-14(5-3-13)15(20)17-8-6-16(7-9-17)10-11-18/h13-14,18H,2-11H2,1H3. The molecule has 0 aromatic carbocycles. The van der Waals surface area contributed by atoms with E-state index in [1.807, 2.05) is 4.90 Å². The minimum absolute atomic E-state index is 0.120. The summed E-state index contributed by atoms with van der Waals surface area (Å²) < 4.78 is 0. The molecule has 5 heteroatoms. The zero-order valence-electron chi connectivity index (χ0n) is 12.4. The second-order valence-corrected chi connectivity index (χ2v) is 6.05. The lowest BCUT2D eigenvalue weighted by Crippen LogP contribution is -2.51. The molecule has 0 aromatic heterocycles. The van der Waals surface area contributed by atoms with Gasteiger partial charge in [0, 0.05) is 44.6 Å². The van der Waals surface area contributed by atoms with Gasteiger partial charge in [-0.2, -0.15) is 0 Å². The highest BCUT2D eigenvalue weighted by Crippen LogP contribution is 2.30. The maximum absolute atomic E-state index is 12.5. The van der Waals surface area contributed by atoms with E-state index in [4.69, 9.17) is 5.11 Å². The zero-order chi connectivity index (χ0) is 14.5. The summed E-state index contributed by atoms with van der Waals surface area (Å²) in [4.78, 5) is 28.0. The summed E-state index contributed by atoms with van der Waals surface area (Å²) in [6, 6.07) is 0. The molecule has 5 nitrogen and oxygen atoms in total. The number of β-amino-alcohol motifs (C(OH)–C–C–N with tert-alkyl or cyclic N) is 1. The highest BCUT2D eigenvalue weighted by atomic mass is 16.3. The van der Waals surface area contributed by atoms with Crippen LogP contribution in [0.3, 0.4) is 0 Å². The Kier molecular flexibility index (Phi) is 5.54. The molecule has 0 aromatic rings. The first-order valence-electron chi connectivity index (χ1n) is 7.74. The molecule has 1 N–H and O–H groups in total. The van der Waals surface area contributed by atoms with E-state index in [2.05, 4.69) is 4.90 Å². The highest BCUT2D eigenvalue weighted by molar-refractivity contribution is 5.81. The molecule has 0 spiro atoms. The zero-order valence-corrected chi connectivity index (χ0v) is 12.4. The number of hydrogen-bond acceptors (Lipinski definition) is 4. The van der Waals surface area contributed by atoms with E-state index in [-0.39, 0.29) is 30.1 Å². The number of carbonyl (C=O) groups excluding carboxylic acids is 2. The van der Waals surface area contributed by atoms with Crippen molar-refractivity contribution in [3.8, 4) is 0 Å². The molecule has 1 amide bonds. The molecule has 20 heavy (non-hydrogen) atoms. The van der Waals surface area contributed by atoms with Crippen molar-refractivity contribution in [2.24, 2.45) is 11.8 Å². The molecule has 2 aliphatic rings. The summed E-state index contributed by atoms with van der Waals surface area (Å²) in [7, 11) is 0. The van der Waals surface area contributed by atoms with Crippen LogP contribution in [0.4, 0.5) is 0 Å². The summed E-state index contributed by atoms with van der Waals surface area (Å²) >= 11 is 0. The van der Waals surface area contributed by atoms with Gasteiger partial charge in [-0.25, -0.2) is 0 Å². The summed E-state index contributed by atoms with van der Waals surface area (Å²) in [5.74, 6) is 0.847. The van der Waals surface area contributed by atoms with E-state index in [0.29, 0.717) is 6.54 Å². The topological polar surface area (TPSA) is 60.9 Å². The van der Waals surface area contributed by atoms with Gasteiger partial charge in [0.05, 0.1) is 6.61 Å². The SMILES string of the molecule is CC(=O)C1CCC(C(=O)N2CCN(CCO)CC2)CC1. The quantitative estimate of drug-likeness (QED) is 0.816. The Balaban J connectivity index is 1.77. The van der Waals surface area contributed by atoms with Crippen LogP contribution in [-0.4, -0.2) is 65.9 Å². The summed E-state index contributed by atoms with van der Waals surface area (Å²) in [6.07, 6.45) is 3.46. The first kappa shape index (κ1) is 15.4. The third-order valence-electron chi connectivity index (χ3n) is 4.75. The van der Waals surface area contributed by atoms with Crippen LogP contribution in [0.15, 0.2) is 0 Å². The Hall–Kier alpha value is -0.940. The van der Waals surface area contributed by atoms with Crippen molar-refractivity contribution < 1.29 is 14.7 Å². The molecule has 0 unspecified atom stereocenters. The van der Waals surface area contributed by atoms with Crippen molar-refractivity contribution in [3.05, 3.63) is 0 Å². The molecule has 1 heterocycles. The van der Waals surface area contributed by atoms with Crippen LogP contribution in [-0.2, 0) is 9.59 Å². The minimum Gasteiger partial charge on any atom is -0.395 e. The lowest BCUT2D eigenvalue weighted by atomic mass is 9.79. The van der Waals surface area contributed by atoms with Crippen molar-refractivity contribution in [2.75, 3.05) is 39.3 Å². The minimum atomic E-state index is 0.120. The molecule has 1 saturated heterocycles. The molecule has 1 saturated carbocycles. The van der Waals surface area contributed by atoms with E-state index in [9.17, 15) is 9.59 Å². The largest absolute Gasteiger partial charge is 0.395 e. The van der Waals surface area contributed by atoms with Crippen molar-refractivity contribution in [1.82, 2.24) is 9.80 Å². The van der Waals surface area contributed by atoms with Crippen LogP contribution >= 0.6 is 0 Å². The van der Waals surface area contributed by atoms with Gasteiger partial charge in [-0.1, -0.05) is 0 Å². The molecule has 1 aliphatic heterocycles. The fourth-order valence-electron chi connectivity index (χ4n) is 3.34. The number of piperazine rings is 1. The van der Waals surface area contributed by atoms with Crippen molar-refractivity contribution >= 4 is 11.7 Å². The molecular formula is C15H26N2O3. The number of nitrogens with zero attached hydrogens (tertiary/aromatic N) is 2. The lowest BCUT2D eigenvalue weighted by Gasteiger charge is -2.37. The Morgan fingerprint density at radius 1 is 1.00 bits per heavy atom. The molecule has 2 fully saturated rings. The predicted molar refractivity (Wildman–Crippen MR) is 76.2 cm³/mol. The van der Waals surface area contributed by atoms with Gasteiger partial charge in [-0.3, -0.25) is 14.5 Å². The van der Waals surface area contributed by atoms with Crippen LogP contribution in [0.2, 0.25) is 0 Å². The number of ketones is 1. The molecule has 0 radical (unpaired) electrons. The first-order chi connectivity index (χ1) is 9.61. The Labute approximate surface area is 120 Å². The van der Waals surface area contributed by atoms with Gasteiger partial charge in [0.15, 0.2) is 0 Å². The predicted octanol–water partition coefficient (Wildman–Crippen LogP) is 0.518. The maximum atomic E-state index is 12.5. The highest BCUT2D eigenvalue weighted by Gasteiger charge is 2.32. The number of hydrogen-bond donors (Lipinski definition) is 1. The van der Waals surface area contributed by atoms with Crippen LogP contribution in [0.5, 0.6) is 0 Å². The van der Waals surface area contributed by atoms with Gasteiger partial charge < -0.3 is 10.0 Å². The van der Waals surface area contributed by atoms with Gasteiger partial charge >= 0.3 is 0 Å². The number of amides is 1. The van der Waals surface area contributed by atoms with Gasteiger partial charge in [0.2, 0.25) is 5.91 Å². The molecular weight excluding hydrogens is 256 g/mol. The number of aliphatic hydroxyl groups is 1. The second kappa shape index (κ2) is 7.18. The fraction of sp³-hybridized carbons (Fsp3) is 0.867. The maximum Gasteiger partial charge on any atom is 0.225 e. The average molecular weight is 282 g/mol. The van der Waals surface area contributed by atoms with E-state index in [1.54, 1.807) is 6.92 Å². The van der Waals surface area contributed by atoms with Gasteiger partial charge in [-0.15, -0.1) is 0 Å². The number of aliphatic hydroxyl groups excluding tert-OH is 1. The Morgan fingerprint density at radius 3 is 2.05 bits per heavy atom. The third kappa shape index (κ3) is 3.79. The monoisotopic (exact) mass is 282 g/mol. The van der Waals surface area contributed by atoms with Crippen LogP contribution in [0.25, 0.3) is 0 Å². The Bertz CT molecular complexity index is 343. The molecule has 0 atom stereocenters. The van der Waals surface area contributed by atoms with Gasteiger partial charge in [-0.05, 0) is 32.6 Å². The fourth-order valence-corrected chi connectivity index (χ4v) is 3.34. The summed E-state index contributed by atoms with van der Waals surface area (Å²) in [5.41, 5.74) is 0. The van der Waals surface area contributed by atoms with E-state index in [0.717, 1.165) is 51.9 Å². The Morgan fingerprint density at radius 2 is 1.55 bits per heavy atom. The van der Waals surface area contributed by atoms with Crippen molar-refractivity contribution in [2.45, 2.75) is 32.6 Å².